The lowest BCUT2D eigenvalue weighted by molar-refractivity contribution is -0.127. The first-order valence-electron chi connectivity index (χ1n) is 12.9. The van der Waals surface area contributed by atoms with Crippen LogP contribution in [0.3, 0.4) is 0 Å². The standard InChI is InChI=1S/C23H23ClN6O2.C3H8O2.C2H6/c1-29(2)14-27-22-18-9-10-30(23(18)26-13-25-22)21-8-6-17(32-21)12-31-16-5-3-15-4-7-20(24)28-19(15)11-16;1-3(2,4)5;1-2/h3-5,7,9-11,13-14,17,21H,6,8,12H2,1-2H3;4-5H,1-2H3;1-2H3/b27-14+;;/t17?,21-;;/m1../s1. The Morgan fingerprint density at radius 2 is 1.87 bits per heavy atom. The van der Waals surface area contributed by atoms with Crippen molar-refractivity contribution in [2.45, 2.75) is 58.7 Å². The number of fused-ring (bicyclic) bond motifs is 2. The van der Waals surface area contributed by atoms with Gasteiger partial charge in [-0.2, -0.15) is 0 Å². The first kappa shape index (κ1) is 30.2. The molecule has 1 aliphatic heterocycles. The number of aliphatic hydroxyl groups is 2. The molecule has 0 spiro atoms. The van der Waals surface area contributed by atoms with Crippen LogP contribution in [0.2, 0.25) is 5.15 Å². The fourth-order valence-corrected chi connectivity index (χ4v) is 3.98. The lowest BCUT2D eigenvalue weighted by atomic mass is 10.2. The molecule has 11 heteroatoms. The van der Waals surface area contributed by atoms with Gasteiger partial charge in [-0.05, 0) is 57.0 Å². The van der Waals surface area contributed by atoms with Crippen molar-refractivity contribution in [2.24, 2.45) is 4.99 Å². The number of rotatable bonds is 6. The van der Waals surface area contributed by atoms with E-state index in [0.717, 1.165) is 40.5 Å². The number of ether oxygens (including phenoxy) is 2. The van der Waals surface area contributed by atoms with Crippen molar-refractivity contribution in [1.29, 1.82) is 0 Å². The molecule has 1 saturated heterocycles. The largest absolute Gasteiger partial charge is 0.491 e. The van der Waals surface area contributed by atoms with Crippen LogP contribution >= 0.6 is 11.6 Å². The average molecular weight is 557 g/mol. The Morgan fingerprint density at radius 3 is 2.59 bits per heavy atom. The number of pyridine rings is 1. The number of aliphatic imine (C=N–C) groups is 1. The van der Waals surface area contributed by atoms with Gasteiger partial charge in [0.2, 0.25) is 0 Å². The van der Waals surface area contributed by atoms with E-state index in [0.29, 0.717) is 17.6 Å². The first-order chi connectivity index (χ1) is 18.6. The SMILES string of the molecule is CC.CC(C)(O)O.CN(C)/C=N/c1ncnc2c1ccn2[C@H]1CCC(COc2ccc3ccc(Cl)nc3c2)O1. The van der Waals surface area contributed by atoms with Crippen molar-refractivity contribution in [2.75, 3.05) is 20.7 Å². The van der Waals surface area contributed by atoms with Crippen LogP contribution in [0.5, 0.6) is 5.75 Å². The third-order valence-corrected chi connectivity index (χ3v) is 5.57. The topological polar surface area (TPSA) is 118 Å². The van der Waals surface area contributed by atoms with Crippen molar-refractivity contribution in [3.63, 3.8) is 0 Å². The average Bonchev–Trinajstić information content (AvgIpc) is 3.53. The minimum atomic E-state index is -1.50. The summed E-state index contributed by atoms with van der Waals surface area (Å²) in [5.74, 6) is -0.104. The van der Waals surface area contributed by atoms with Crippen LogP contribution in [-0.4, -0.2) is 73.6 Å². The maximum atomic E-state index is 8.08. The highest BCUT2D eigenvalue weighted by molar-refractivity contribution is 6.29. The van der Waals surface area contributed by atoms with E-state index in [1.165, 1.54) is 20.2 Å². The van der Waals surface area contributed by atoms with Gasteiger partial charge >= 0.3 is 0 Å². The molecule has 2 atom stereocenters. The number of aromatic nitrogens is 4. The zero-order valence-corrected chi connectivity index (χ0v) is 24.0. The number of hydrogen-bond acceptors (Lipinski definition) is 8. The summed E-state index contributed by atoms with van der Waals surface area (Å²) >= 11 is 6.01. The number of halogens is 1. The van der Waals surface area contributed by atoms with E-state index in [4.69, 9.17) is 31.3 Å². The van der Waals surface area contributed by atoms with Crippen LogP contribution in [0, 0.1) is 0 Å². The third kappa shape index (κ3) is 8.86. The van der Waals surface area contributed by atoms with Gasteiger partial charge in [-0.1, -0.05) is 25.4 Å². The monoisotopic (exact) mass is 556 g/mol. The Hall–Kier alpha value is -3.31. The lowest BCUT2D eigenvalue weighted by Crippen LogP contribution is -2.18. The highest BCUT2D eigenvalue weighted by Gasteiger charge is 2.28. The Labute approximate surface area is 233 Å². The molecule has 2 N–H and O–H groups in total. The van der Waals surface area contributed by atoms with E-state index in [9.17, 15) is 0 Å². The summed E-state index contributed by atoms with van der Waals surface area (Å²) in [4.78, 5) is 19.4. The minimum Gasteiger partial charge on any atom is -0.491 e. The molecule has 4 heterocycles. The smallest absolute Gasteiger partial charge is 0.166 e. The van der Waals surface area contributed by atoms with Crippen LogP contribution in [0.4, 0.5) is 5.82 Å². The normalized spacial score (nSPS) is 17.1. The van der Waals surface area contributed by atoms with Gasteiger partial charge in [-0.25, -0.2) is 19.9 Å². The Morgan fingerprint density at radius 1 is 1.15 bits per heavy atom. The summed E-state index contributed by atoms with van der Waals surface area (Å²) in [5, 5.41) is 18.5. The number of hydrogen-bond donors (Lipinski definition) is 2. The first-order valence-corrected chi connectivity index (χ1v) is 13.3. The quantitative estimate of drug-likeness (QED) is 0.141. The molecular weight excluding hydrogens is 520 g/mol. The van der Waals surface area contributed by atoms with Crippen LogP contribution in [0.15, 0.2) is 53.9 Å². The van der Waals surface area contributed by atoms with E-state index in [2.05, 4.69) is 19.9 Å². The van der Waals surface area contributed by atoms with Gasteiger partial charge in [0.15, 0.2) is 11.6 Å². The maximum Gasteiger partial charge on any atom is 0.166 e. The molecule has 0 bridgehead atoms. The second-order valence-electron chi connectivity index (χ2n) is 9.45. The van der Waals surface area contributed by atoms with E-state index < -0.39 is 5.79 Å². The Kier molecular flexibility index (Phi) is 10.6. The van der Waals surface area contributed by atoms with Crippen LogP contribution in [0.25, 0.3) is 21.9 Å². The van der Waals surface area contributed by atoms with Crippen molar-refractivity contribution in [3.8, 4) is 5.75 Å². The minimum absolute atomic E-state index is 0.00598. The Balaban J connectivity index is 0.000000542. The van der Waals surface area contributed by atoms with Gasteiger partial charge in [0.1, 0.15) is 35.7 Å². The van der Waals surface area contributed by atoms with Crippen molar-refractivity contribution in [3.05, 3.63) is 54.1 Å². The second-order valence-corrected chi connectivity index (χ2v) is 9.84. The van der Waals surface area contributed by atoms with E-state index in [-0.39, 0.29) is 12.3 Å². The highest BCUT2D eigenvalue weighted by atomic mass is 35.5. The summed E-state index contributed by atoms with van der Waals surface area (Å²) < 4.78 is 14.3. The number of nitrogens with zero attached hydrogens (tertiary/aromatic N) is 6. The molecule has 1 unspecified atom stereocenters. The van der Waals surface area contributed by atoms with Gasteiger partial charge < -0.3 is 29.2 Å². The molecule has 1 aromatic carbocycles. The summed E-state index contributed by atoms with van der Waals surface area (Å²) in [6, 6.07) is 11.5. The van der Waals surface area contributed by atoms with Crippen LogP contribution in [-0.2, 0) is 4.74 Å². The Bertz CT molecular complexity index is 1380. The van der Waals surface area contributed by atoms with Crippen LogP contribution < -0.4 is 4.74 Å². The predicted molar refractivity (Wildman–Crippen MR) is 155 cm³/mol. The van der Waals surface area contributed by atoms with Crippen molar-refractivity contribution < 1.29 is 19.7 Å². The molecule has 10 nitrogen and oxygen atoms in total. The molecule has 1 aliphatic rings. The van der Waals surface area contributed by atoms with E-state index in [1.54, 1.807) is 12.4 Å². The zero-order valence-electron chi connectivity index (χ0n) is 23.2. The second kappa shape index (κ2) is 13.7. The molecule has 0 saturated carbocycles. The van der Waals surface area contributed by atoms with Gasteiger partial charge in [-0.3, -0.25) is 0 Å². The zero-order chi connectivity index (χ0) is 28.6. The number of benzene rings is 1. The summed E-state index contributed by atoms with van der Waals surface area (Å²) in [7, 11) is 3.84. The van der Waals surface area contributed by atoms with Crippen molar-refractivity contribution >= 4 is 45.7 Å². The van der Waals surface area contributed by atoms with E-state index in [1.807, 2.05) is 73.9 Å². The van der Waals surface area contributed by atoms with Crippen LogP contribution in [0.1, 0.15) is 46.8 Å². The highest BCUT2D eigenvalue weighted by Crippen LogP contribution is 2.33. The van der Waals surface area contributed by atoms with Crippen molar-refractivity contribution in [1.82, 2.24) is 24.4 Å². The maximum absolute atomic E-state index is 8.08. The van der Waals surface area contributed by atoms with Gasteiger partial charge in [0.25, 0.3) is 0 Å². The molecule has 1 fully saturated rings. The molecule has 0 radical (unpaired) electrons. The van der Waals surface area contributed by atoms with E-state index >= 15 is 0 Å². The molecule has 39 heavy (non-hydrogen) atoms. The summed E-state index contributed by atoms with van der Waals surface area (Å²) in [6.07, 6.45) is 6.94. The molecule has 4 aromatic rings. The van der Waals surface area contributed by atoms with Gasteiger partial charge in [0, 0.05) is 31.7 Å². The lowest BCUT2D eigenvalue weighted by Gasteiger charge is -2.16. The summed E-state index contributed by atoms with van der Waals surface area (Å²) in [5.41, 5.74) is 1.63. The fraction of sp³-hybridized carbons (Fsp3) is 0.429. The molecule has 0 amide bonds. The molecule has 0 aliphatic carbocycles. The summed E-state index contributed by atoms with van der Waals surface area (Å²) in [6.45, 7) is 7.06. The molecular formula is C28H37ClN6O4. The predicted octanol–water partition coefficient (Wildman–Crippen LogP) is 5.34. The molecule has 5 rings (SSSR count). The van der Waals surface area contributed by atoms with Gasteiger partial charge in [0.05, 0.1) is 23.3 Å². The molecule has 210 valence electrons. The third-order valence-electron chi connectivity index (χ3n) is 5.36. The molecule has 3 aromatic heterocycles. The van der Waals surface area contributed by atoms with Gasteiger partial charge in [-0.15, -0.1) is 0 Å². The fourth-order valence-electron chi connectivity index (χ4n) is 3.83.